The Morgan fingerprint density at radius 1 is 1.09 bits per heavy atom. The molecule has 0 bridgehead atoms. The molecule has 0 fully saturated rings. The topological polar surface area (TPSA) is 52.6 Å². The van der Waals surface area contributed by atoms with Gasteiger partial charge in [0.25, 0.3) is 0 Å². The first-order valence-electron chi connectivity index (χ1n) is 6.73. The Hall–Kier alpha value is -2.69. The molecule has 0 aromatic heterocycles. The maximum Gasteiger partial charge on any atom is 0.344 e. The van der Waals surface area contributed by atoms with Gasteiger partial charge in [-0.2, -0.15) is 0 Å². The highest BCUT2D eigenvalue weighted by Gasteiger charge is 2.19. The van der Waals surface area contributed by atoms with Gasteiger partial charge in [-0.25, -0.2) is 9.18 Å². The molecular weight excluding hydrogens is 287 g/mol. The molecule has 1 atom stereocenters. The van der Waals surface area contributed by atoms with Crippen molar-refractivity contribution in [2.24, 2.45) is 0 Å². The summed E-state index contributed by atoms with van der Waals surface area (Å²) in [7, 11) is 0. The monoisotopic (exact) mass is 302 g/mol. The number of carbonyl (C=O) groups is 2. The highest BCUT2D eigenvalue weighted by Crippen LogP contribution is 2.12. The van der Waals surface area contributed by atoms with Crippen molar-refractivity contribution in [2.75, 3.05) is 6.61 Å². The number of halogens is 1. The highest BCUT2D eigenvalue weighted by molar-refractivity contribution is 6.00. The zero-order chi connectivity index (χ0) is 15.9. The molecule has 0 N–H and O–H groups in total. The first-order valence-corrected chi connectivity index (χ1v) is 6.73. The van der Waals surface area contributed by atoms with Gasteiger partial charge < -0.3 is 9.47 Å². The molecule has 0 aliphatic heterocycles. The smallest absolute Gasteiger partial charge is 0.344 e. The van der Waals surface area contributed by atoms with Crippen molar-refractivity contribution >= 4 is 11.8 Å². The van der Waals surface area contributed by atoms with Gasteiger partial charge in [-0.05, 0) is 19.1 Å². The average molecular weight is 302 g/mol. The van der Waals surface area contributed by atoms with Crippen molar-refractivity contribution in [1.82, 2.24) is 0 Å². The summed E-state index contributed by atoms with van der Waals surface area (Å²) in [5.74, 6) is -1.22. The van der Waals surface area contributed by atoms with Gasteiger partial charge in [-0.15, -0.1) is 0 Å². The second kappa shape index (κ2) is 7.36. The minimum absolute atomic E-state index is 0.221. The van der Waals surface area contributed by atoms with Gasteiger partial charge in [0, 0.05) is 11.6 Å². The molecule has 0 heterocycles. The van der Waals surface area contributed by atoms with E-state index >= 15 is 0 Å². The molecule has 2 rings (SSSR count). The van der Waals surface area contributed by atoms with E-state index in [1.54, 1.807) is 30.3 Å². The quantitative estimate of drug-likeness (QED) is 0.608. The van der Waals surface area contributed by atoms with Crippen molar-refractivity contribution in [3.63, 3.8) is 0 Å². The van der Waals surface area contributed by atoms with Crippen LogP contribution in [-0.2, 0) is 9.53 Å². The zero-order valence-corrected chi connectivity index (χ0v) is 12.0. The molecule has 0 aliphatic carbocycles. The first kappa shape index (κ1) is 15.7. The summed E-state index contributed by atoms with van der Waals surface area (Å²) in [4.78, 5) is 23.7. The molecule has 2 aromatic rings. The number of ketones is 1. The van der Waals surface area contributed by atoms with Crippen LogP contribution < -0.4 is 4.74 Å². The number of benzene rings is 2. The third-order valence-corrected chi connectivity index (χ3v) is 2.89. The lowest BCUT2D eigenvalue weighted by Gasteiger charge is -2.12. The Balaban J connectivity index is 1.85. The van der Waals surface area contributed by atoms with Crippen molar-refractivity contribution in [3.8, 4) is 5.75 Å². The number of rotatable bonds is 6. The van der Waals surface area contributed by atoms with Gasteiger partial charge in [0.2, 0.25) is 5.78 Å². The SMILES string of the molecule is CC(OC(=O)COc1cccc(F)c1)C(=O)c1ccccc1. The summed E-state index contributed by atoms with van der Waals surface area (Å²) in [5, 5.41) is 0. The van der Waals surface area contributed by atoms with E-state index in [4.69, 9.17) is 9.47 Å². The normalized spacial score (nSPS) is 11.5. The third kappa shape index (κ3) is 4.41. The van der Waals surface area contributed by atoms with E-state index in [1.165, 1.54) is 25.1 Å². The fourth-order valence-corrected chi connectivity index (χ4v) is 1.82. The summed E-state index contributed by atoms with van der Waals surface area (Å²) >= 11 is 0. The Kier molecular flexibility index (Phi) is 5.25. The third-order valence-electron chi connectivity index (χ3n) is 2.89. The Labute approximate surface area is 127 Å². The summed E-state index contributed by atoms with van der Waals surface area (Å²) in [6, 6.07) is 14.0. The van der Waals surface area contributed by atoms with Gasteiger partial charge >= 0.3 is 5.97 Å². The molecule has 5 heteroatoms. The molecule has 4 nitrogen and oxygen atoms in total. The number of carbonyl (C=O) groups excluding carboxylic acids is 2. The molecule has 0 saturated carbocycles. The largest absolute Gasteiger partial charge is 0.482 e. The average Bonchev–Trinajstić information content (AvgIpc) is 2.53. The number of hydrogen-bond donors (Lipinski definition) is 0. The molecule has 0 amide bonds. The maximum atomic E-state index is 13.0. The second-order valence-corrected chi connectivity index (χ2v) is 4.61. The van der Waals surface area contributed by atoms with Crippen LogP contribution in [0.2, 0.25) is 0 Å². The van der Waals surface area contributed by atoms with Crippen LogP contribution in [0.1, 0.15) is 17.3 Å². The van der Waals surface area contributed by atoms with Gasteiger partial charge in [0.1, 0.15) is 11.6 Å². The fourth-order valence-electron chi connectivity index (χ4n) is 1.82. The number of ether oxygens (including phenoxy) is 2. The van der Waals surface area contributed by atoms with Gasteiger partial charge in [-0.1, -0.05) is 36.4 Å². The van der Waals surface area contributed by atoms with E-state index in [1.807, 2.05) is 0 Å². The molecule has 1 unspecified atom stereocenters. The van der Waals surface area contributed by atoms with Crippen LogP contribution in [-0.4, -0.2) is 24.5 Å². The number of Topliss-reactive ketones (excluding diaryl/α,β-unsaturated/α-hetero) is 1. The molecule has 0 spiro atoms. The van der Waals surface area contributed by atoms with Gasteiger partial charge in [0.05, 0.1) is 0 Å². The molecule has 0 aliphatic rings. The van der Waals surface area contributed by atoms with Gasteiger partial charge in [0.15, 0.2) is 12.7 Å². The van der Waals surface area contributed by atoms with E-state index in [9.17, 15) is 14.0 Å². The molecule has 2 aromatic carbocycles. The Morgan fingerprint density at radius 3 is 2.50 bits per heavy atom. The Morgan fingerprint density at radius 2 is 1.82 bits per heavy atom. The maximum absolute atomic E-state index is 13.0. The molecule has 0 saturated heterocycles. The van der Waals surface area contributed by atoms with Crippen LogP contribution in [0, 0.1) is 5.82 Å². The van der Waals surface area contributed by atoms with E-state index in [0.29, 0.717) is 5.56 Å². The first-order chi connectivity index (χ1) is 10.6. The molecule has 0 radical (unpaired) electrons. The van der Waals surface area contributed by atoms with E-state index in [2.05, 4.69) is 0 Å². The fraction of sp³-hybridized carbons (Fsp3) is 0.176. The predicted octanol–water partition coefficient (Wildman–Crippen LogP) is 3.02. The van der Waals surface area contributed by atoms with Crippen molar-refractivity contribution in [2.45, 2.75) is 13.0 Å². The van der Waals surface area contributed by atoms with E-state index in [-0.39, 0.29) is 11.5 Å². The number of esters is 1. The van der Waals surface area contributed by atoms with Crippen molar-refractivity contribution in [1.29, 1.82) is 0 Å². The van der Waals surface area contributed by atoms with Crippen LogP contribution >= 0.6 is 0 Å². The molecular formula is C17H15FO4. The minimum Gasteiger partial charge on any atom is -0.482 e. The van der Waals surface area contributed by atoms with Gasteiger partial charge in [-0.3, -0.25) is 4.79 Å². The zero-order valence-electron chi connectivity index (χ0n) is 12.0. The molecule has 22 heavy (non-hydrogen) atoms. The van der Waals surface area contributed by atoms with E-state index in [0.717, 1.165) is 6.07 Å². The van der Waals surface area contributed by atoms with Crippen molar-refractivity contribution in [3.05, 3.63) is 66.0 Å². The summed E-state index contributed by atoms with van der Waals surface area (Å²) in [6.45, 7) is 1.10. The predicted molar refractivity (Wildman–Crippen MR) is 78.2 cm³/mol. The highest BCUT2D eigenvalue weighted by atomic mass is 19.1. The minimum atomic E-state index is -0.911. The molecule has 114 valence electrons. The van der Waals surface area contributed by atoms with Crippen LogP contribution in [0.15, 0.2) is 54.6 Å². The van der Waals surface area contributed by atoms with Crippen LogP contribution in [0.5, 0.6) is 5.75 Å². The van der Waals surface area contributed by atoms with Crippen LogP contribution in [0.3, 0.4) is 0 Å². The van der Waals surface area contributed by atoms with Crippen molar-refractivity contribution < 1.29 is 23.5 Å². The van der Waals surface area contributed by atoms with Crippen LogP contribution in [0.4, 0.5) is 4.39 Å². The van der Waals surface area contributed by atoms with E-state index < -0.39 is 24.5 Å². The lowest BCUT2D eigenvalue weighted by molar-refractivity contribution is -0.148. The lowest BCUT2D eigenvalue weighted by atomic mass is 10.1. The summed E-state index contributed by atoms with van der Waals surface area (Å²) < 4.78 is 23.1. The Bertz CT molecular complexity index is 655. The van der Waals surface area contributed by atoms with Crippen LogP contribution in [0.25, 0.3) is 0 Å². The standard InChI is InChI=1S/C17H15FO4/c1-12(17(20)13-6-3-2-4-7-13)22-16(19)11-21-15-9-5-8-14(18)10-15/h2-10,12H,11H2,1H3. The lowest BCUT2D eigenvalue weighted by Crippen LogP contribution is -2.27. The second-order valence-electron chi connectivity index (χ2n) is 4.61. The number of hydrogen-bond acceptors (Lipinski definition) is 4. The summed E-state index contributed by atoms with van der Waals surface area (Å²) in [5.41, 5.74) is 0.467. The summed E-state index contributed by atoms with van der Waals surface area (Å²) in [6.07, 6.45) is -0.911.